The summed E-state index contributed by atoms with van der Waals surface area (Å²) in [4.78, 5) is 0.339. The number of benzene rings is 2. The highest BCUT2D eigenvalue weighted by atomic mass is 32.2. The third-order valence-corrected chi connectivity index (χ3v) is 6.51. The average Bonchev–Trinajstić information content (AvgIpc) is 2.87. The van der Waals surface area contributed by atoms with Crippen molar-refractivity contribution in [2.45, 2.75) is 30.4 Å². The van der Waals surface area contributed by atoms with Crippen LogP contribution in [0.4, 0.5) is 5.69 Å². The molecule has 1 unspecified atom stereocenters. The van der Waals surface area contributed by atoms with Gasteiger partial charge in [0, 0.05) is 35.1 Å². The SMILES string of the molecule is O=S(=O)(c1ccc2c3c(cccc13)C(O)N2)N1CCCCC1. The van der Waals surface area contributed by atoms with Crippen LogP contribution < -0.4 is 5.32 Å². The Hall–Kier alpha value is -1.63. The van der Waals surface area contributed by atoms with Gasteiger partial charge in [0.05, 0.1) is 4.90 Å². The van der Waals surface area contributed by atoms with Gasteiger partial charge in [0.25, 0.3) is 0 Å². The summed E-state index contributed by atoms with van der Waals surface area (Å²) >= 11 is 0. The summed E-state index contributed by atoms with van der Waals surface area (Å²) in [5.41, 5.74) is 1.53. The van der Waals surface area contributed by atoms with E-state index in [1.807, 2.05) is 12.1 Å². The first-order chi connectivity index (χ1) is 10.6. The number of sulfonamides is 1. The van der Waals surface area contributed by atoms with Crippen LogP contribution in [0.2, 0.25) is 0 Å². The van der Waals surface area contributed by atoms with Gasteiger partial charge in [-0.25, -0.2) is 8.42 Å². The molecule has 2 aliphatic rings. The monoisotopic (exact) mass is 318 g/mol. The Balaban J connectivity index is 1.92. The molecule has 2 aliphatic heterocycles. The molecule has 0 saturated carbocycles. The van der Waals surface area contributed by atoms with E-state index in [0.717, 1.165) is 35.9 Å². The van der Waals surface area contributed by atoms with Crippen molar-refractivity contribution in [1.29, 1.82) is 0 Å². The van der Waals surface area contributed by atoms with E-state index in [1.165, 1.54) is 0 Å². The zero-order valence-corrected chi connectivity index (χ0v) is 12.9. The number of hydrogen-bond acceptors (Lipinski definition) is 4. The fourth-order valence-electron chi connectivity index (χ4n) is 3.45. The van der Waals surface area contributed by atoms with E-state index < -0.39 is 16.3 Å². The maximum absolute atomic E-state index is 13.0. The lowest BCUT2D eigenvalue weighted by Crippen LogP contribution is -2.35. The van der Waals surface area contributed by atoms with Gasteiger partial charge in [0.2, 0.25) is 10.0 Å². The quantitative estimate of drug-likeness (QED) is 0.892. The third kappa shape index (κ3) is 1.95. The molecule has 116 valence electrons. The molecule has 1 atom stereocenters. The zero-order valence-electron chi connectivity index (χ0n) is 12.1. The van der Waals surface area contributed by atoms with Crippen LogP contribution >= 0.6 is 0 Å². The molecule has 0 spiro atoms. The Morgan fingerprint density at radius 1 is 1.09 bits per heavy atom. The van der Waals surface area contributed by atoms with Gasteiger partial charge < -0.3 is 10.4 Å². The second-order valence-electron chi connectivity index (χ2n) is 5.89. The van der Waals surface area contributed by atoms with Gasteiger partial charge in [-0.2, -0.15) is 4.31 Å². The van der Waals surface area contributed by atoms with E-state index in [1.54, 1.807) is 22.5 Å². The first kappa shape index (κ1) is 14.0. The van der Waals surface area contributed by atoms with Crippen LogP contribution in [0.25, 0.3) is 10.8 Å². The molecule has 4 rings (SSSR count). The van der Waals surface area contributed by atoms with Crippen molar-refractivity contribution in [1.82, 2.24) is 4.31 Å². The highest BCUT2D eigenvalue weighted by Gasteiger charge is 2.30. The maximum Gasteiger partial charge on any atom is 0.243 e. The summed E-state index contributed by atoms with van der Waals surface area (Å²) in [5, 5.41) is 14.5. The minimum atomic E-state index is -3.49. The molecule has 0 bridgehead atoms. The predicted octanol–water partition coefficient (Wildman–Crippen LogP) is 2.43. The number of hydrogen-bond donors (Lipinski definition) is 2. The molecule has 5 nitrogen and oxygen atoms in total. The second-order valence-corrected chi connectivity index (χ2v) is 7.80. The van der Waals surface area contributed by atoms with Gasteiger partial charge in [0.1, 0.15) is 0 Å². The number of anilines is 1. The number of nitrogens with zero attached hydrogens (tertiary/aromatic N) is 1. The van der Waals surface area contributed by atoms with Gasteiger partial charge in [-0.05, 0) is 25.0 Å². The normalized spacial score (nSPS) is 22.0. The van der Waals surface area contributed by atoms with Crippen LogP contribution in [0.1, 0.15) is 31.1 Å². The molecule has 0 radical (unpaired) electrons. The molecule has 2 heterocycles. The molecule has 2 aromatic carbocycles. The van der Waals surface area contributed by atoms with Crippen LogP contribution in [-0.4, -0.2) is 30.9 Å². The Labute approximate surface area is 129 Å². The summed E-state index contributed by atoms with van der Waals surface area (Å²) in [6, 6.07) is 8.84. The van der Waals surface area contributed by atoms with Crippen LogP contribution in [0.5, 0.6) is 0 Å². The lowest BCUT2D eigenvalue weighted by Gasteiger charge is -2.26. The number of aliphatic hydroxyl groups is 1. The van der Waals surface area contributed by atoms with Gasteiger partial charge in [-0.15, -0.1) is 0 Å². The van der Waals surface area contributed by atoms with Crippen molar-refractivity contribution in [2.75, 3.05) is 18.4 Å². The van der Waals surface area contributed by atoms with Crippen molar-refractivity contribution in [2.24, 2.45) is 0 Å². The highest BCUT2D eigenvalue weighted by Crippen LogP contribution is 2.41. The zero-order chi connectivity index (χ0) is 15.3. The molecule has 2 aromatic rings. The second kappa shape index (κ2) is 4.94. The van der Waals surface area contributed by atoms with E-state index in [9.17, 15) is 13.5 Å². The van der Waals surface area contributed by atoms with Gasteiger partial charge >= 0.3 is 0 Å². The minimum Gasteiger partial charge on any atom is -0.369 e. The van der Waals surface area contributed by atoms with Crippen molar-refractivity contribution in [3.8, 4) is 0 Å². The summed E-state index contributed by atoms with van der Waals surface area (Å²) in [6.45, 7) is 1.18. The van der Waals surface area contributed by atoms with Gasteiger partial charge in [-0.1, -0.05) is 24.6 Å². The predicted molar refractivity (Wildman–Crippen MR) is 85.1 cm³/mol. The lowest BCUT2D eigenvalue weighted by atomic mass is 10.1. The summed E-state index contributed by atoms with van der Waals surface area (Å²) in [6.07, 6.45) is 2.15. The van der Waals surface area contributed by atoms with E-state index in [2.05, 4.69) is 5.32 Å². The average molecular weight is 318 g/mol. The maximum atomic E-state index is 13.0. The highest BCUT2D eigenvalue weighted by molar-refractivity contribution is 7.89. The van der Waals surface area contributed by atoms with Crippen molar-refractivity contribution in [3.05, 3.63) is 35.9 Å². The number of rotatable bonds is 2. The van der Waals surface area contributed by atoms with Crippen molar-refractivity contribution < 1.29 is 13.5 Å². The van der Waals surface area contributed by atoms with Gasteiger partial charge in [0.15, 0.2) is 6.23 Å². The summed E-state index contributed by atoms with van der Waals surface area (Å²) < 4.78 is 27.5. The van der Waals surface area contributed by atoms with Crippen LogP contribution in [-0.2, 0) is 10.0 Å². The number of nitrogens with one attached hydrogen (secondary N) is 1. The molecule has 0 aliphatic carbocycles. The fourth-order valence-corrected chi connectivity index (χ4v) is 5.16. The smallest absolute Gasteiger partial charge is 0.243 e. The van der Waals surface area contributed by atoms with E-state index >= 15 is 0 Å². The molecule has 1 fully saturated rings. The summed E-state index contributed by atoms with van der Waals surface area (Å²) in [5.74, 6) is 0. The van der Waals surface area contributed by atoms with Crippen molar-refractivity contribution >= 4 is 26.5 Å². The first-order valence-electron chi connectivity index (χ1n) is 7.59. The van der Waals surface area contributed by atoms with Gasteiger partial charge in [-0.3, -0.25) is 0 Å². The molecule has 2 N–H and O–H groups in total. The van der Waals surface area contributed by atoms with Crippen LogP contribution in [0.15, 0.2) is 35.2 Å². The Morgan fingerprint density at radius 3 is 2.64 bits per heavy atom. The minimum absolute atomic E-state index is 0.339. The molecule has 6 heteroatoms. The largest absolute Gasteiger partial charge is 0.369 e. The summed E-state index contributed by atoms with van der Waals surface area (Å²) in [7, 11) is -3.49. The topological polar surface area (TPSA) is 69.6 Å². The standard InChI is InChI=1S/C16H18N2O3S/c19-16-12-6-4-5-11-14(8-7-13(17-16)15(11)12)22(20,21)18-9-2-1-3-10-18/h4-8,16-17,19H,1-3,9-10H2. The number of aliphatic hydroxyl groups excluding tert-OH is 1. The van der Waals surface area contributed by atoms with E-state index in [-0.39, 0.29) is 0 Å². The molecular formula is C16H18N2O3S. The fraction of sp³-hybridized carbons (Fsp3) is 0.375. The Morgan fingerprint density at radius 2 is 1.86 bits per heavy atom. The molecular weight excluding hydrogens is 300 g/mol. The third-order valence-electron chi connectivity index (χ3n) is 4.55. The Bertz CT molecular complexity index is 842. The molecule has 0 aromatic heterocycles. The van der Waals surface area contributed by atoms with E-state index in [4.69, 9.17) is 0 Å². The van der Waals surface area contributed by atoms with Crippen LogP contribution in [0, 0.1) is 0 Å². The van der Waals surface area contributed by atoms with Crippen LogP contribution in [0.3, 0.4) is 0 Å². The molecule has 0 amide bonds. The van der Waals surface area contributed by atoms with Crippen molar-refractivity contribution in [3.63, 3.8) is 0 Å². The Kier molecular flexibility index (Phi) is 3.14. The molecule has 1 saturated heterocycles. The number of piperidine rings is 1. The first-order valence-corrected chi connectivity index (χ1v) is 9.03. The molecule has 22 heavy (non-hydrogen) atoms. The lowest BCUT2D eigenvalue weighted by molar-refractivity contribution is 0.213. The van der Waals surface area contributed by atoms with E-state index in [0.29, 0.717) is 23.4 Å².